The maximum Gasteiger partial charge on any atom is 0.237 e. The van der Waals surface area contributed by atoms with Gasteiger partial charge in [-0.25, -0.2) is 0 Å². The molecule has 9 heteroatoms. The molecule has 158 valence electrons. The van der Waals surface area contributed by atoms with E-state index in [4.69, 9.17) is 9.15 Å². The molecule has 0 radical (unpaired) electrons. The lowest BCUT2D eigenvalue weighted by Crippen LogP contribution is -2.23. The predicted octanol–water partition coefficient (Wildman–Crippen LogP) is 4.11. The van der Waals surface area contributed by atoms with Crippen LogP contribution in [0.25, 0.3) is 11.4 Å². The van der Waals surface area contributed by atoms with Crippen LogP contribution in [-0.2, 0) is 11.3 Å². The summed E-state index contributed by atoms with van der Waals surface area (Å²) in [6.07, 6.45) is 5.06. The van der Waals surface area contributed by atoms with Crippen molar-refractivity contribution in [2.75, 3.05) is 12.4 Å². The van der Waals surface area contributed by atoms with E-state index >= 15 is 0 Å². The third-order valence-electron chi connectivity index (χ3n) is 4.52. The van der Waals surface area contributed by atoms with Crippen LogP contribution in [0.3, 0.4) is 0 Å². The van der Waals surface area contributed by atoms with Gasteiger partial charge < -0.3 is 14.5 Å². The molecule has 1 amide bonds. The number of carbonyl (C=O) groups is 1. The minimum atomic E-state index is -0.410. The first-order valence-electron chi connectivity index (χ1n) is 9.61. The van der Waals surface area contributed by atoms with Crippen molar-refractivity contribution >= 4 is 23.4 Å². The Kier molecular flexibility index (Phi) is 6.32. The van der Waals surface area contributed by atoms with Crippen molar-refractivity contribution in [2.24, 2.45) is 0 Å². The maximum absolute atomic E-state index is 12.8. The molecule has 0 fully saturated rings. The summed E-state index contributed by atoms with van der Waals surface area (Å²) in [7, 11) is 1.59. The molecule has 0 aliphatic carbocycles. The van der Waals surface area contributed by atoms with Crippen molar-refractivity contribution in [1.82, 2.24) is 19.7 Å². The highest BCUT2D eigenvalue weighted by Crippen LogP contribution is 2.28. The predicted molar refractivity (Wildman–Crippen MR) is 118 cm³/mol. The van der Waals surface area contributed by atoms with Gasteiger partial charge in [0.05, 0.1) is 25.2 Å². The van der Waals surface area contributed by atoms with Gasteiger partial charge in [0.1, 0.15) is 11.5 Å². The molecule has 4 rings (SSSR count). The Morgan fingerprint density at radius 2 is 2.13 bits per heavy atom. The molecule has 0 aliphatic rings. The van der Waals surface area contributed by atoms with E-state index in [0.717, 1.165) is 11.3 Å². The number of methoxy groups -OCH3 is 1. The molecule has 1 atom stereocenters. The van der Waals surface area contributed by atoms with Crippen molar-refractivity contribution in [1.29, 1.82) is 0 Å². The zero-order valence-corrected chi connectivity index (χ0v) is 17.9. The normalized spacial score (nSPS) is 11.8. The fraction of sp³-hybridized carbons (Fsp3) is 0.182. The second kappa shape index (κ2) is 9.48. The van der Waals surface area contributed by atoms with E-state index in [-0.39, 0.29) is 5.91 Å². The zero-order chi connectivity index (χ0) is 21.6. The molecule has 0 bridgehead atoms. The van der Waals surface area contributed by atoms with Crippen molar-refractivity contribution in [3.8, 4) is 17.1 Å². The molecule has 3 heterocycles. The SMILES string of the molecule is COc1cccc(NC(=O)C(C)Sc2nnc(-c3cccnc3)n2Cc2ccco2)c1. The minimum Gasteiger partial charge on any atom is -0.497 e. The highest BCUT2D eigenvalue weighted by molar-refractivity contribution is 8.00. The number of benzene rings is 1. The number of nitrogens with zero attached hydrogens (tertiary/aromatic N) is 4. The van der Waals surface area contributed by atoms with Gasteiger partial charge in [0, 0.05) is 29.7 Å². The van der Waals surface area contributed by atoms with Gasteiger partial charge in [-0.15, -0.1) is 10.2 Å². The first-order valence-corrected chi connectivity index (χ1v) is 10.5. The summed E-state index contributed by atoms with van der Waals surface area (Å²) < 4.78 is 12.7. The molecule has 0 saturated carbocycles. The van der Waals surface area contributed by atoms with Gasteiger partial charge in [-0.3, -0.25) is 14.3 Å². The molecule has 1 aromatic carbocycles. The Morgan fingerprint density at radius 1 is 1.23 bits per heavy atom. The number of anilines is 1. The Hall–Kier alpha value is -3.59. The first-order chi connectivity index (χ1) is 15.1. The van der Waals surface area contributed by atoms with Crippen LogP contribution in [0.2, 0.25) is 0 Å². The summed E-state index contributed by atoms with van der Waals surface area (Å²) in [6.45, 7) is 2.27. The zero-order valence-electron chi connectivity index (χ0n) is 17.1. The second-order valence-electron chi connectivity index (χ2n) is 6.69. The van der Waals surface area contributed by atoms with Gasteiger partial charge >= 0.3 is 0 Å². The van der Waals surface area contributed by atoms with Gasteiger partial charge in [0.2, 0.25) is 5.91 Å². The average molecular weight is 436 g/mol. The summed E-state index contributed by atoms with van der Waals surface area (Å²) in [5.74, 6) is 1.96. The van der Waals surface area contributed by atoms with Crippen LogP contribution in [0.1, 0.15) is 12.7 Å². The molecule has 1 unspecified atom stereocenters. The van der Waals surface area contributed by atoms with E-state index in [0.29, 0.717) is 29.0 Å². The Labute approximate surface area is 183 Å². The summed E-state index contributed by atoms with van der Waals surface area (Å²) in [5, 5.41) is 11.8. The fourth-order valence-corrected chi connectivity index (χ4v) is 3.79. The summed E-state index contributed by atoms with van der Waals surface area (Å²) in [6, 6.07) is 14.7. The van der Waals surface area contributed by atoms with Gasteiger partial charge in [0.25, 0.3) is 0 Å². The highest BCUT2D eigenvalue weighted by atomic mass is 32.2. The van der Waals surface area contributed by atoms with Gasteiger partial charge in [-0.1, -0.05) is 17.8 Å². The minimum absolute atomic E-state index is 0.145. The van der Waals surface area contributed by atoms with Gasteiger partial charge in [-0.2, -0.15) is 0 Å². The summed E-state index contributed by atoms with van der Waals surface area (Å²) >= 11 is 1.33. The molecule has 8 nitrogen and oxygen atoms in total. The van der Waals surface area contributed by atoms with Crippen molar-refractivity contribution in [2.45, 2.75) is 23.9 Å². The van der Waals surface area contributed by atoms with E-state index in [1.165, 1.54) is 11.8 Å². The number of pyridine rings is 1. The van der Waals surface area contributed by atoms with E-state index in [1.807, 2.05) is 54.0 Å². The lowest BCUT2D eigenvalue weighted by atomic mass is 10.2. The fourth-order valence-electron chi connectivity index (χ4n) is 2.94. The lowest BCUT2D eigenvalue weighted by Gasteiger charge is -2.13. The van der Waals surface area contributed by atoms with Gasteiger partial charge in [0.15, 0.2) is 11.0 Å². The van der Waals surface area contributed by atoms with Crippen LogP contribution in [-0.4, -0.2) is 38.0 Å². The van der Waals surface area contributed by atoms with Crippen LogP contribution >= 0.6 is 11.8 Å². The summed E-state index contributed by atoms with van der Waals surface area (Å²) in [4.78, 5) is 16.9. The number of thioether (sulfide) groups is 1. The largest absolute Gasteiger partial charge is 0.497 e. The van der Waals surface area contributed by atoms with Crippen LogP contribution in [0.15, 0.2) is 76.8 Å². The monoisotopic (exact) mass is 435 g/mol. The topological polar surface area (TPSA) is 95.1 Å². The quantitative estimate of drug-likeness (QED) is 0.416. The van der Waals surface area contributed by atoms with Crippen molar-refractivity contribution in [3.05, 3.63) is 72.9 Å². The second-order valence-corrected chi connectivity index (χ2v) is 8.00. The molecular formula is C22H21N5O3S. The first kappa shape index (κ1) is 20.7. The Morgan fingerprint density at radius 3 is 2.87 bits per heavy atom. The smallest absolute Gasteiger partial charge is 0.237 e. The summed E-state index contributed by atoms with van der Waals surface area (Å²) in [5.41, 5.74) is 1.51. The van der Waals surface area contributed by atoms with Crippen LogP contribution in [0.5, 0.6) is 5.75 Å². The van der Waals surface area contributed by atoms with Crippen LogP contribution in [0, 0.1) is 0 Å². The third-order valence-corrected chi connectivity index (χ3v) is 5.60. The molecule has 0 spiro atoms. The van der Waals surface area contributed by atoms with E-state index in [1.54, 1.807) is 31.8 Å². The third kappa shape index (κ3) is 4.95. The molecule has 0 saturated heterocycles. The van der Waals surface area contributed by atoms with E-state index < -0.39 is 5.25 Å². The van der Waals surface area contributed by atoms with Crippen molar-refractivity contribution in [3.63, 3.8) is 0 Å². The number of hydrogen-bond acceptors (Lipinski definition) is 7. The van der Waals surface area contributed by atoms with E-state index in [9.17, 15) is 4.79 Å². The number of ether oxygens (including phenoxy) is 1. The number of carbonyl (C=O) groups excluding carboxylic acids is 1. The lowest BCUT2D eigenvalue weighted by molar-refractivity contribution is -0.115. The molecular weight excluding hydrogens is 414 g/mol. The molecule has 0 aliphatic heterocycles. The van der Waals surface area contributed by atoms with Crippen LogP contribution in [0.4, 0.5) is 5.69 Å². The number of rotatable bonds is 8. The standard InChI is InChI=1S/C22H21N5O3S/c1-15(21(28)24-17-7-3-8-18(12-17)29-2)31-22-26-25-20(16-6-4-10-23-13-16)27(22)14-19-9-5-11-30-19/h3-13,15H,14H2,1-2H3,(H,24,28). The number of aromatic nitrogens is 4. The Bertz CT molecular complexity index is 1150. The molecule has 4 aromatic rings. The number of amides is 1. The molecule has 31 heavy (non-hydrogen) atoms. The maximum atomic E-state index is 12.8. The number of furan rings is 1. The molecule has 3 aromatic heterocycles. The van der Waals surface area contributed by atoms with E-state index in [2.05, 4.69) is 20.5 Å². The van der Waals surface area contributed by atoms with Crippen LogP contribution < -0.4 is 10.1 Å². The molecule has 1 N–H and O–H groups in total. The van der Waals surface area contributed by atoms with Crippen molar-refractivity contribution < 1.29 is 13.9 Å². The number of hydrogen-bond donors (Lipinski definition) is 1. The van der Waals surface area contributed by atoms with Gasteiger partial charge in [-0.05, 0) is 43.3 Å². The average Bonchev–Trinajstić information content (AvgIpc) is 3.45. The number of nitrogens with one attached hydrogen (secondary N) is 1. The Balaban J connectivity index is 1.55. The highest BCUT2D eigenvalue weighted by Gasteiger charge is 2.22.